The first kappa shape index (κ1) is 33.7. The fourth-order valence-electron chi connectivity index (χ4n) is 5.22. The number of ether oxygens (including phenoxy) is 2. The number of anilines is 2. The van der Waals surface area contributed by atoms with E-state index in [-0.39, 0.29) is 36.8 Å². The number of piperazine rings is 1. The number of rotatable bonds is 10. The van der Waals surface area contributed by atoms with Crippen molar-refractivity contribution >= 4 is 35.0 Å². The molecular formula is C38H40N4O6. The summed E-state index contributed by atoms with van der Waals surface area (Å²) >= 11 is 0. The smallest absolute Gasteiger partial charge is 0.260 e. The van der Waals surface area contributed by atoms with Crippen molar-refractivity contribution in [2.75, 3.05) is 63.3 Å². The average molecular weight is 649 g/mol. The van der Waals surface area contributed by atoms with Crippen LogP contribution in [0.1, 0.15) is 31.8 Å². The van der Waals surface area contributed by atoms with Crippen molar-refractivity contribution in [2.24, 2.45) is 0 Å². The lowest BCUT2D eigenvalue weighted by atomic mass is 10.1. The Kier molecular flexibility index (Phi) is 10.7. The maximum atomic E-state index is 12.8. The maximum absolute atomic E-state index is 12.8. The van der Waals surface area contributed by atoms with E-state index in [0.717, 1.165) is 11.1 Å². The number of benzene rings is 4. The molecule has 248 valence electrons. The van der Waals surface area contributed by atoms with Crippen molar-refractivity contribution in [3.05, 3.63) is 119 Å². The summed E-state index contributed by atoms with van der Waals surface area (Å²) in [6.07, 6.45) is 0. The Morgan fingerprint density at radius 3 is 1.15 bits per heavy atom. The van der Waals surface area contributed by atoms with Gasteiger partial charge >= 0.3 is 0 Å². The van der Waals surface area contributed by atoms with Gasteiger partial charge in [-0.15, -0.1) is 0 Å². The monoisotopic (exact) mass is 648 g/mol. The lowest BCUT2D eigenvalue weighted by Gasteiger charge is -2.34. The van der Waals surface area contributed by atoms with E-state index in [1.54, 1.807) is 106 Å². The number of aryl methyl sites for hydroxylation is 2. The third-order valence-electron chi connectivity index (χ3n) is 8.36. The van der Waals surface area contributed by atoms with Crippen molar-refractivity contribution in [3.63, 3.8) is 0 Å². The molecule has 1 aliphatic heterocycles. The Labute approximate surface area is 281 Å². The Morgan fingerprint density at radius 2 is 0.833 bits per heavy atom. The van der Waals surface area contributed by atoms with Gasteiger partial charge in [-0.2, -0.15) is 0 Å². The largest absolute Gasteiger partial charge is 0.484 e. The zero-order chi connectivity index (χ0) is 34.2. The number of hydrogen-bond donors (Lipinski definition) is 0. The summed E-state index contributed by atoms with van der Waals surface area (Å²) < 4.78 is 11.4. The fraction of sp³-hybridized carbons (Fsp3) is 0.263. The minimum absolute atomic E-state index is 0.117. The van der Waals surface area contributed by atoms with Gasteiger partial charge in [0.2, 0.25) is 0 Å². The lowest BCUT2D eigenvalue weighted by Crippen LogP contribution is -2.52. The van der Waals surface area contributed by atoms with Crippen molar-refractivity contribution in [3.8, 4) is 11.5 Å². The van der Waals surface area contributed by atoms with Gasteiger partial charge in [0, 0.05) is 62.8 Å². The summed E-state index contributed by atoms with van der Waals surface area (Å²) in [5, 5.41) is 0. The first-order valence-corrected chi connectivity index (χ1v) is 15.8. The van der Waals surface area contributed by atoms with Crippen molar-refractivity contribution in [1.82, 2.24) is 9.80 Å². The molecule has 10 nitrogen and oxygen atoms in total. The topological polar surface area (TPSA) is 99.7 Å². The summed E-state index contributed by atoms with van der Waals surface area (Å²) in [5.41, 5.74) is 4.79. The molecule has 5 rings (SSSR count). The van der Waals surface area contributed by atoms with Crippen molar-refractivity contribution < 1.29 is 28.7 Å². The molecule has 0 radical (unpaired) electrons. The van der Waals surface area contributed by atoms with E-state index in [2.05, 4.69) is 0 Å². The Bertz CT molecular complexity index is 1600. The number of hydrogen-bond acceptors (Lipinski definition) is 6. The predicted molar refractivity (Wildman–Crippen MR) is 185 cm³/mol. The van der Waals surface area contributed by atoms with Gasteiger partial charge in [0.15, 0.2) is 13.2 Å². The van der Waals surface area contributed by atoms with E-state index in [1.165, 1.54) is 0 Å². The van der Waals surface area contributed by atoms with Crippen LogP contribution in [0.2, 0.25) is 0 Å². The molecule has 10 heteroatoms. The second-order valence-corrected chi connectivity index (χ2v) is 11.8. The van der Waals surface area contributed by atoms with E-state index in [9.17, 15) is 19.2 Å². The standard InChI is InChI=1S/C38H40N4O6/c1-27-5-9-29(10-6-27)37(45)39(3)31-13-17-33(18-14-31)47-25-35(43)41-21-23-42(24-22-41)36(44)26-48-34-19-15-32(16-20-34)40(4)38(46)30-11-7-28(2)8-12-30/h5-20H,21-26H2,1-4H3. The molecule has 0 bridgehead atoms. The molecule has 1 saturated heterocycles. The van der Waals surface area contributed by atoms with Crippen LogP contribution in [0.25, 0.3) is 0 Å². The molecule has 4 aromatic carbocycles. The fourth-order valence-corrected chi connectivity index (χ4v) is 5.22. The normalized spacial score (nSPS) is 12.7. The van der Waals surface area contributed by atoms with E-state index in [0.29, 0.717) is 60.2 Å². The number of amides is 4. The summed E-state index contributed by atoms with van der Waals surface area (Å²) in [5.74, 6) is 0.473. The molecule has 1 aliphatic rings. The Balaban J connectivity index is 1.02. The third-order valence-corrected chi connectivity index (χ3v) is 8.36. The van der Waals surface area contributed by atoms with Crippen LogP contribution in [-0.4, -0.2) is 86.9 Å². The van der Waals surface area contributed by atoms with Crippen LogP contribution in [0.4, 0.5) is 11.4 Å². The van der Waals surface area contributed by atoms with Crippen molar-refractivity contribution in [1.29, 1.82) is 0 Å². The Morgan fingerprint density at radius 1 is 0.521 bits per heavy atom. The predicted octanol–water partition coefficient (Wildman–Crippen LogP) is 4.99. The van der Waals surface area contributed by atoms with E-state index < -0.39 is 0 Å². The molecule has 0 N–H and O–H groups in total. The number of nitrogens with zero attached hydrogens (tertiary/aromatic N) is 4. The van der Waals surface area contributed by atoms with E-state index >= 15 is 0 Å². The van der Waals surface area contributed by atoms with Crippen LogP contribution < -0.4 is 19.3 Å². The highest BCUT2D eigenvalue weighted by Gasteiger charge is 2.25. The molecule has 0 saturated carbocycles. The summed E-state index contributed by atoms with van der Waals surface area (Å²) in [7, 11) is 3.43. The zero-order valence-corrected chi connectivity index (χ0v) is 27.7. The molecule has 1 fully saturated rings. The molecule has 4 aromatic rings. The molecule has 0 atom stereocenters. The summed E-state index contributed by atoms with van der Waals surface area (Å²) in [6, 6.07) is 28.9. The summed E-state index contributed by atoms with van der Waals surface area (Å²) in [6.45, 7) is 5.28. The van der Waals surface area contributed by atoms with Gasteiger partial charge in [-0.1, -0.05) is 35.4 Å². The van der Waals surface area contributed by atoms with Crippen LogP contribution in [0.3, 0.4) is 0 Å². The van der Waals surface area contributed by atoms with Gasteiger partial charge in [-0.05, 0) is 86.6 Å². The maximum Gasteiger partial charge on any atom is 0.260 e. The second-order valence-electron chi connectivity index (χ2n) is 11.8. The van der Waals surface area contributed by atoms with Gasteiger partial charge in [0.05, 0.1) is 0 Å². The molecule has 0 aromatic heterocycles. The van der Waals surface area contributed by atoms with Gasteiger partial charge in [-0.3, -0.25) is 19.2 Å². The number of carbonyl (C=O) groups is 4. The SMILES string of the molecule is Cc1ccc(C(=O)N(C)c2ccc(OCC(=O)N3CCN(C(=O)COc4ccc(N(C)C(=O)c5ccc(C)cc5)cc4)CC3)cc2)cc1. The summed E-state index contributed by atoms with van der Waals surface area (Å²) in [4.78, 5) is 57.7. The van der Waals surface area contributed by atoms with Crippen LogP contribution >= 0.6 is 0 Å². The van der Waals surface area contributed by atoms with Crippen molar-refractivity contribution in [2.45, 2.75) is 13.8 Å². The quantitative estimate of drug-likeness (QED) is 0.241. The first-order chi connectivity index (χ1) is 23.1. The molecule has 0 aliphatic carbocycles. The highest BCUT2D eigenvalue weighted by molar-refractivity contribution is 6.06. The van der Waals surface area contributed by atoms with Crippen LogP contribution in [0.5, 0.6) is 11.5 Å². The molecule has 1 heterocycles. The van der Waals surface area contributed by atoms with Gasteiger partial charge in [-0.25, -0.2) is 0 Å². The third kappa shape index (κ3) is 8.38. The molecule has 48 heavy (non-hydrogen) atoms. The zero-order valence-electron chi connectivity index (χ0n) is 27.7. The first-order valence-electron chi connectivity index (χ1n) is 15.8. The van der Waals surface area contributed by atoms with E-state index in [1.807, 2.05) is 38.1 Å². The van der Waals surface area contributed by atoms with Crippen LogP contribution in [0, 0.1) is 13.8 Å². The van der Waals surface area contributed by atoms with Crippen LogP contribution in [-0.2, 0) is 9.59 Å². The highest BCUT2D eigenvalue weighted by Crippen LogP contribution is 2.22. The Hall–Kier alpha value is -5.64. The molecule has 0 unspecified atom stereocenters. The van der Waals surface area contributed by atoms with Gasteiger partial charge in [0.25, 0.3) is 23.6 Å². The van der Waals surface area contributed by atoms with Gasteiger partial charge < -0.3 is 29.1 Å². The molecule has 4 amide bonds. The minimum atomic E-state index is -0.167. The second kappa shape index (κ2) is 15.3. The van der Waals surface area contributed by atoms with E-state index in [4.69, 9.17) is 9.47 Å². The lowest BCUT2D eigenvalue weighted by molar-refractivity contribution is -0.141. The minimum Gasteiger partial charge on any atom is -0.484 e. The molecular weight excluding hydrogens is 608 g/mol. The highest BCUT2D eigenvalue weighted by atomic mass is 16.5. The van der Waals surface area contributed by atoms with Gasteiger partial charge in [0.1, 0.15) is 11.5 Å². The van der Waals surface area contributed by atoms with Crippen LogP contribution in [0.15, 0.2) is 97.1 Å². The number of carbonyl (C=O) groups excluding carboxylic acids is 4. The molecule has 0 spiro atoms. The average Bonchev–Trinajstić information content (AvgIpc) is 3.12.